The molecule has 0 aromatic heterocycles. The molecular weight excluding hydrogens is 180 g/mol. The van der Waals surface area contributed by atoms with Gasteiger partial charge in [-0.05, 0) is 32.1 Å². The van der Waals surface area contributed by atoms with Crippen LogP contribution in [-0.2, 0) is 0 Å². The van der Waals surface area contributed by atoms with Gasteiger partial charge in [0.1, 0.15) is 0 Å². The van der Waals surface area contributed by atoms with E-state index in [1.165, 1.54) is 37.9 Å². The third-order valence-corrected chi connectivity index (χ3v) is 5.23. The molecule has 0 aromatic carbocycles. The highest BCUT2D eigenvalue weighted by Gasteiger charge is 2.42. The van der Waals surface area contributed by atoms with Crippen molar-refractivity contribution in [3.63, 3.8) is 0 Å². The van der Waals surface area contributed by atoms with Crippen LogP contribution in [0.25, 0.3) is 0 Å². The fourth-order valence-electron chi connectivity index (χ4n) is 3.08. The number of aliphatic hydroxyl groups excluding tert-OH is 1. The lowest BCUT2D eigenvalue weighted by Gasteiger charge is -2.33. The molecule has 1 fully saturated rings. The van der Waals surface area contributed by atoms with Gasteiger partial charge >= 0.3 is 0 Å². The van der Waals surface area contributed by atoms with E-state index in [0.717, 1.165) is 0 Å². The van der Waals surface area contributed by atoms with Gasteiger partial charge in [0, 0.05) is 16.9 Å². The molecule has 0 aromatic rings. The molecule has 0 amide bonds. The standard InChI is InChI=1S/C11H16OS/c12-11-9-6-13-10(11)5-7-3-1-2-4-8(7)9/h9-12H,1-6H2. The van der Waals surface area contributed by atoms with E-state index >= 15 is 0 Å². The predicted molar refractivity (Wildman–Crippen MR) is 55.9 cm³/mol. The minimum atomic E-state index is -0.0122. The van der Waals surface area contributed by atoms with E-state index in [1.807, 2.05) is 11.8 Å². The first-order valence-electron chi connectivity index (χ1n) is 5.37. The topological polar surface area (TPSA) is 20.2 Å². The molecule has 2 aliphatic carbocycles. The quantitative estimate of drug-likeness (QED) is 0.600. The maximum Gasteiger partial charge on any atom is 0.0735 e. The number of hydrogen-bond acceptors (Lipinski definition) is 2. The van der Waals surface area contributed by atoms with E-state index in [0.29, 0.717) is 11.2 Å². The van der Waals surface area contributed by atoms with E-state index in [1.54, 1.807) is 11.1 Å². The van der Waals surface area contributed by atoms with Crippen molar-refractivity contribution in [2.24, 2.45) is 5.92 Å². The zero-order chi connectivity index (χ0) is 8.84. The van der Waals surface area contributed by atoms with E-state index in [9.17, 15) is 5.11 Å². The molecular formula is C11H16OS. The molecule has 3 atom stereocenters. The van der Waals surface area contributed by atoms with Crippen LogP contribution in [0.4, 0.5) is 0 Å². The monoisotopic (exact) mass is 196 g/mol. The third-order valence-electron chi connectivity index (χ3n) is 3.81. The molecule has 1 nitrogen and oxygen atoms in total. The van der Waals surface area contributed by atoms with Gasteiger partial charge in [-0.3, -0.25) is 0 Å². The summed E-state index contributed by atoms with van der Waals surface area (Å²) in [5.41, 5.74) is 3.37. The summed E-state index contributed by atoms with van der Waals surface area (Å²) in [6, 6.07) is 0. The largest absolute Gasteiger partial charge is 0.391 e. The molecule has 3 unspecified atom stereocenters. The summed E-state index contributed by atoms with van der Waals surface area (Å²) >= 11 is 2.00. The van der Waals surface area contributed by atoms with Gasteiger partial charge in [-0.1, -0.05) is 11.1 Å². The van der Waals surface area contributed by atoms with Gasteiger partial charge in [0.25, 0.3) is 0 Å². The van der Waals surface area contributed by atoms with E-state index < -0.39 is 0 Å². The minimum absolute atomic E-state index is 0.0122. The Hall–Kier alpha value is 0.0500. The Morgan fingerprint density at radius 2 is 2.08 bits per heavy atom. The van der Waals surface area contributed by atoms with Gasteiger partial charge in [0.15, 0.2) is 0 Å². The van der Waals surface area contributed by atoms with Crippen molar-refractivity contribution in [2.75, 3.05) is 5.75 Å². The van der Waals surface area contributed by atoms with E-state index in [-0.39, 0.29) is 6.10 Å². The Morgan fingerprint density at radius 1 is 1.23 bits per heavy atom. The average molecular weight is 196 g/mol. The summed E-state index contributed by atoms with van der Waals surface area (Å²) in [7, 11) is 0. The van der Waals surface area contributed by atoms with E-state index in [2.05, 4.69) is 0 Å². The zero-order valence-corrected chi connectivity index (χ0v) is 8.65. The van der Waals surface area contributed by atoms with Crippen LogP contribution >= 0.6 is 11.8 Å². The van der Waals surface area contributed by atoms with Crippen molar-refractivity contribution in [2.45, 2.75) is 43.5 Å². The summed E-state index contributed by atoms with van der Waals surface area (Å²) < 4.78 is 0. The number of hydrogen-bond donors (Lipinski definition) is 1. The minimum Gasteiger partial charge on any atom is -0.391 e. The zero-order valence-electron chi connectivity index (χ0n) is 7.83. The maximum absolute atomic E-state index is 9.99. The molecule has 3 aliphatic rings. The van der Waals surface area contributed by atoms with Crippen LogP contribution in [0.5, 0.6) is 0 Å². The van der Waals surface area contributed by atoms with Crippen molar-refractivity contribution in [3.8, 4) is 0 Å². The normalized spacial score (nSPS) is 43.6. The van der Waals surface area contributed by atoms with Gasteiger partial charge in [-0.25, -0.2) is 0 Å². The van der Waals surface area contributed by atoms with Crippen LogP contribution < -0.4 is 0 Å². The first kappa shape index (κ1) is 8.37. The maximum atomic E-state index is 9.99. The van der Waals surface area contributed by atoms with Gasteiger partial charge in [0.05, 0.1) is 6.10 Å². The molecule has 0 spiro atoms. The smallest absolute Gasteiger partial charge is 0.0735 e. The summed E-state index contributed by atoms with van der Waals surface area (Å²) in [6.45, 7) is 0. The highest BCUT2D eigenvalue weighted by atomic mass is 32.2. The number of aliphatic hydroxyl groups is 1. The molecule has 1 N–H and O–H groups in total. The molecule has 3 rings (SSSR count). The van der Waals surface area contributed by atoms with Crippen LogP contribution in [0.1, 0.15) is 32.1 Å². The van der Waals surface area contributed by atoms with Gasteiger partial charge in [-0.15, -0.1) is 0 Å². The predicted octanol–water partition coefficient (Wildman–Crippen LogP) is 2.35. The van der Waals surface area contributed by atoms with Crippen LogP contribution in [0.15, 0.2) is 11.1 Å². The molecule has 2 bridgehead atoms. The van der Waals surface area contributed by atoms with E-state index in [4.69, 9.17) is 0 Å². The Kier molecular flexibility index (Phi) is 1.95. The van der Waals surface area contributed by atoms with Crippen molar-refractivity contribution >= 4 is 11.8 Å². The first-order valence-corrected chi connectivity index (χ1v) is 6.41. The third kappa shape index (κ3) is 1.18. The highest BCUT2D eigenvalue weighted by Crippen LogP contribution is 2.49. The summed E-state index contributed by atoms with van der Waals surface area (Å²) in [5, 5.41) is 10.5. The average Bonchev–Trinajstić information content (AvgIpc) is 2.43. The molecule has 2 heteroatoms. The summed E-state index contributed by atoms with van der Waals surface area (Å²) in [4.78, 5) is 0. The second-order valence-electron chi connectivity index (χ2n) is 4.51. The van der Waals surface area contributed by atoms with Crippen molar-refractivity contribution in [1.82, 2.24) is 0 Å². The lowest BCUT2D eigenvalue weighted by Crippen LogP contribution is -2.32. The van der Waals surface area contributed by atoms with Crippen LogP contribution in [0.3, 0.4) is 0 Å². The SMILES string of the molecule is OC1C2CC3=C(CCCC3)C1CS2. The van der Waals surface area contributed by atoms with Gasteiger partial charge < -0.3 is 5.11 Å². The Labute approximate surface area is 83.6 Å². The number of allylic oxidation sites excluding steroid dienone is 1. The Bertz CT molecular complexity index is 259. The number of thioether (sulfide) groups is 1. The van der Waals surface area contributed by atoms with Gasteiger partial charge in [0.2, 0.25) is 0 Å². The van der Waals surface area contributed by atoms with Crippen LogP contribution in [-0.4, -0.2) is 22.2 Å². The number of rotatable bonds is 0. The fourth-order valence-corrected chi connectivity index (χ4v) is 4.64. The summed E-state index contributed by atoms with van der Waals surface area (Å²) in [6.07, 6.45) is 6.54. The molecule has 1 saturated heterocycles. The number of fused-ring (bicyclic) bond motifs is 3. The Morgan fingerprint density at radius 3 is 3.00 bits per heavy atom. The fraction of sp³-hybridized carbons (Fsp3) is 0.818. The second-order valence-corrected chi connectivity index (χ2v) is 5.78. The molecule has 1 aliphatic heterocycles. The highest BCUT2D eigenvalue weighted by molar-refractivity contribution is 8.00. The second kappa shape index (κ2) is 3.03. The van der Waals surface area contributed by atoms with Crippen molar-refractivity contribution in [1.29, 1.82) is 0 Å². The van der Waals surface area contributed by atoms with Gasteiger partial charge in [-0.2, -0.15) is 11.8 Å². The molecule has 1 heterocycles. The molecule has 72 valence electrons. The molecule has 0 radical (unpaired) electrons. The summed E-state index contributed by atoms with van der Waals surface area (Å²) in [5.74, 6) is 1.73. The van der Waals surface area contributed by atoms with Crippen LogP contribution in [0.2, 0.25) is 0 Å². The Balaban J connectivity index is 1.97. The lowest BCUT2D eigenvalue weighted by molar-refractivity contribution is 0.129. The lowest BCUT2D eigenvalue weighted by atomic mass is 9.75. The first-order chi connectivity index (χ1) is 6.36. The van der Waals surface area contributed by atoms with Crippen molar-refractivity contribution < 1.29 is 5.11 Å². The van der Waals surface area contributed by atoms with Crippen LogP contribution in [0, 0.1) is 5.92 Å². The van der Waals surface area contributed by atoms with Crippen molar-refractivity contribution in [3.05, 3.63) is 11.1 Å². The molecule has 13 heavy (non-hydrogen) atoms. The molecule has 0 saturated carbocycles.